The largest absolute Gasteiger partial charge is 0.353 e. The fraction of sp³-hybridized carbons (Fsp3) is 0.812. The van der Waals surface area contributed by atoms with E-state index in [2.05, 4.69) is 10.3 Å². The number of nitrogens with zero attached hydrogens (tertiary/aromatic N) is 4. The number of aliphatic imine (C=N–C) groups is 1. The van der Waals surface area contributed by atoms with E-state index in [-0.39, 0.29) is 42.3 Å². The van der Waals surface area contributed by atoms with Gasteiger partial charge in [0.15, 0.2) is 5.96 Å². The Hall–Kier alpha value is -1.06. The molecule has 2 aliphatic rings. The molecule has 0 aromatic rings. The van der Waals surface area contributed by atoms with Gasteiger partial charge in [0.2, 0.25) is 11.8 Å². The Labute approximate surface area is 161 Å². The van der Waals surface area contributed by atoms with Gasteiger partial charge in [-0.1, -0.05) is 12.8 Å². The van der Waals surface area contributed by atoms with Gasteiger partial charge < -0.3 is 20.0 Å². The zero-order valence-corrected chi connectivity index (χ0v) is 17.3. The molecule has 0 aromatic carbocycles. The van der Waals surface area contributed by atoms with Gasteiger partial charge in [0.1, 0.15) is 6.54 Å². The number of piperazine rings is 1. The van der Waals surface area contributed by atoms with Gasteiger partial charge in [-0.3, -0.25) is 9.59 Å². The second-order valence-electron chi connectivity index (χ2n) is 6.45. The molecular formula is C16H30IN5O2. The fourth-order valence-corrected chi connectivity index (χ4v) is 3.00. The first kappa shape index (κ1) is 21.0. The SMILES string of the molecule is CCN1CCN(C(=NCC(=O)N(C)C)NC2CCCC2)CC1=O.I. The van der Waals surface area contributed by atoms with Crippen molar-refractivity contribution < 1.29 is 9.59 Å². The highest BCUT2D eigenvalue weighted by Crippen LogP contribution is 2.18. The Morgan fingerprint density at radius 1 is 1.29 bits per heavy atom. The molecule has 24 heavy (non-hydrogen) atoms. The van der Waals surface area contributed by atoms with E-state index >= 15 is 0 Å². The van der Waals surface area contributed by atoms with Crippen molar-refractivity contribution >= 4 is 41.8 Å². The Morgan fingerprint density at radius 3 is 2.50 bits per heavy atom. The molecule has 0 unspecified atom stereocenters. The molecule has 1 saturated carbocycles. The molecule has 0 atom stereocenters. The number of likely N-dealkylation sites (N-methyl/N-ethyl adjacent to an activating group) is 2. The highest BCUT2D eigenvalue weighted by molar-refractivity contribution is 14.0. The van der Waals surface area contributed by atoms with E-state index in [9.17, 15) is 9.59 Å². The van der Waals surface area contributed by atoms with E-state index in [0.717, 1.165) is 25.9 Å². The van der Waals surface area contributed by atoms with Crippen molar-refractivity contribution in [3.63, 3.8) is 0 Å². The standard InChI is InChI=1S/C16H29N5O2.HI/c1-4-20-9-10-21(12-15(20)23)16(17-11-14(22)19(2)3)18-13-7-5-6-8-13;/h13H,4-12H2,1-3H3,(H,17,18);1H. The number of nitrogens with one attached hydrogen (secondary N) is 1. The number of halogens is 1. The molecule has 0 bridgehead atoms. The average Bonchev–Trinajstić information content (AvgIpc) is 3.03. The molecule has 1 heterocycles. The maximum atomic E-state index is 12.2. The van der Waals surface area contributed by atoms with Crippen LogP contribution < -0.4 is 5.32 Å². The summed E-state index contributed by atoms with van der Waals surface area (Å²) in [6.07, 6.45) is 4.71. The third kappa shape index (κ3) is 5.78. The van der Waals surface area contributed by atoms with Crippen LogP contribution in [0, 0.1) is 0 Å². The van der Waals surface area contributed by atoms with Crippen LogP contribution in [0.5, 0.6) is 0 Å². The van der Waals surface area contributed by atoms with E-state index in [1.165, 1.54) is 17.7 Å². The fourth-order valence-electron chi connectivity index (χ4n) is 3.00. The molecule has 2 fully saturated rings. The van der Waals surface area contributed by atoms with Crippen molar-refractivity contribution in [3.05, 3.63) is 0 Å². The number of amides is 2. The lowest BCUT2D eigenvalue weighted by molar-refractivity contribution is -0.134. The molecule has 0 aromatic heterocycles. The molecule has 2 amide bonds. The topological polar surface area (TPSA) is 68.2 Å². The predicted octanol–water partition coefficient (Wildman–Crippen LogP) is 0.745. The van der Waals surface area contributed by atoms with E-state index in [4.69, 9.17) is 0 Å². The maximum Gasteiger partial charge on any atom is 0.243 e. The molecule has 1 saturated heterocycles. The third-order valence-corrected chi connectivity index (χ3v) is 4.55. The van der Waals surface area contributed by atoms with Crippen LogP contribution in [0.3, 0.4) is 0 Å². The van der Waals surface area contributed by atoms with Gasteiger partial charge in [-0.25, -0.2) is 4.99 Å². The number of hydrogen-bond donors (Lipinski definition) is 1. The molecule has 0 spiro atoms. The second kappa shape index (κ2) is 10.0. The van der Waals surface area contributed by atoms with Crippen molar-refractivity contribution in [3.8, 4) is 0 Å². The van der Waals surface area contributed by atoms with Crippen LogP contribution in [0.15, 0.2) is 4.99 Å². The Bertz CT molecular complexity index is 463. The van der Waals surface area contributed by atoms with Gasteiger partial charge in [0, 0.05) is 39.8 Å². The minimum absolute atomic E-state index is 0. The van der Waals surface area contributed by atoms with Crippen LogP contribution in [-0.4, -0.2) is 85.3 Å². The highest BCUT2D eigenvalue weighted by atomic mass is 127. The zero-order chi connectivity index (χ0) is 16.8. The van der Waals surface area contributed by atoms with Crippen LogP contribution in [0.4, 0.5) is 0 Å². The molecule has 7 nitrogen and oxygen atoms in total. The van der Waals surface area contributed by atoms with E-state index < -0.39 is 0 Å². The Kier molecular flexibility index (Phi) is 8.79. The van der Waals surface area contributed by atoms with E-state index in [1.54, 1.807) is 14.1 Å². The lowest BCUT2D eigenvalue weighted by Crippen LogP contribution is -2.56. The third-order valence-electron chi connectivity index (χ3n) is 4.55. The van der Waals surface area contributed by atoms with Crippen molar-refractivity contribution in [2.24, 2.45) is 4.99 Å². The normalized spacial score (nSPS) is 19.3. The molecule has 1 aliphatic carbocycles. The van der Waals surface area contributed by atoms with Gasteiger partial charge in [-0.2, -0.15) is 0 Å². The van der Waals surface area contributed by atoms with E-state index in [1.807, 2.05) is 16.7 Å². The first-order valence-electron chi connectivity index (χ1n) is 8.55. The summed E-state index contributed by atoms with van der Waals surface area (Å²) in [5, 5.41) is 3.47. The van der Waals surface area contributed by atoms with Gasteiger partial charge in [0.25, 0.3) is 0 Å². The van der Waals surface area contributed by atoms with Crippen LogP contribution in [0.2, 0.25) is 0 Å². The van der Waals surface area contributed by atoms with Gasteiger partial charge in [0.05, 0.1) is 6.54 Å². The second-order valence-corrected chi connectivity index (χ2v) is 6.45. The highest BCUT2D eigenvalue weighted by Gasteiger charge is 2.27. The number of rotatable bonds is 4. The summed E-state index contributed by atoms with van der Waals surface area (Å²) in [4.78, 5) is 33.8. The number of carbonyl (C=O) groups excluding carboxylic acids is 2. The number of guanidine groups is 1. The average molecular weight is 451 g/mol. The minimum atomic E-state index is -0.0331. The first-order chi connectivity index (χ1) is 11.0. The lowest BCUT2D eigenvalue weighted by Gasteiger charge is -2.36. The molecule has 8 heteroatoms. The number of carbonyl (C=O) groups is 2. The quantitative estimate of drug-likeness (QED) is 0.389. The van der Waals surface area contributed by atoms with Crippen LogP contribution in [0.25, 0.3) is 0 Å². The summed E-state index contributed by atoms with van der Waals surface area (Å²) in [5.74, 6) is 0.795. The monoisotopic (exact) mass is 451 g/mol. The summed E-state index contributed by atoms with van der Waals surface area (Å²) in [5.41, 5.74) is 0. The van der Waals surface area contributed by atoms with Crippen LogP contribution in [-0.2, 0) is 9.59 Å². The summed E-state index contributed by atoms with van der Waals surface area (Å²) >= 11 is 0. The van der Waals surface area contributed by atoms with Crippen LogP contribution >= 0.6 is 24.0 Å². The lowest BCUT2D eigenvalue weighted by atomic mass is 10.2. The number of hydrogen-bond acceptors (Lipinski definition) is 3. The predicted molar refractivity (Wildman–Crippen MR) is 106 cm³/mol. The molecule has 1 aliphatic heterocycles. The van der Waals surface area contributed by atoms with Crippen LogP contribution in [0.1, 0.15) is 32.6 Å². The summed E-state index contributed by atoms with van der Waals surface area (Å²) in [7, 11) is 3.46. The molecular weight excluding hydrogens is 421 g/mol. The smallest absolute Gasteiger partial charge is 0.243 e. The van der Waals surface area contributed by atoms with Crippen molar-refractivity contribution in [1.29, 1.82) is 0 Å². The first-order valence-corrected chi connectivity index (χ1v) is 8.55. The molecule has 1 N–H and O–H groups in total. The Morgan fingerprint density at radius 2 is 1.96 bits per heavy atom. The van der Waals surface area contributed by atoms with Crippen molar-refractivity contribution in [2.75, 3.05) is 46.8 Å². The van der Waals surface area contributed by atoms with Gasteiger partial charge >= 0.3 is 0 Å². The van der Waals surface area contributed by atoms with Gasteiger partial charge in [-0.05, 0) is 19.8 Å². The summed E-state index contributed by atoms with van der Waals surface area (Å²) in [6.45, 7) is 4.66. The molecule has 2 rings (SSSR count). The van der Waals surface area contributed by atoms with Gasteiger partial charge in [-0.15, -0.1) is 24.0 Å². The van der Waals surface area contributed by atoms with Crippen molar-refractivity contribution in [1.82, 2.24) is 20.0 Å². The van der Waals surface area contributed by atoms with E-state index in [0.29, 0.717) is 25.1 Å². The summed E-state index contributed by atoms with van der Waals surface area (Å²) in [6, 6.07) is 0.405. The zero-order valence-electron chi connectivity index (χ0n) is 15.0. The Balaban J connectivity index is 0.00000288. The minimum Gasteiger partial charge on any atom is -0.353 e. The summed E-state index contributed by atoms with van der Waals surface area (Å²) < 4.78 is 0. The van der Waals surface area contributed by atoms with Crippen molar-refractivity contribution in [2.45, 2.75) is 38.6 Å². The molecule has 0 radical (unpaired) electrons. The molecule has 138 valence electrons. The maximum absolute atomic E-state index is 12.2.